The molecule has 2 aliphatic carbocycles. The minimum atomic E-state index is -2.88. The smallest absolute Gasteiger partial charge is 1.00 e. The van der Waals surface area contributed by atoms with Crippen LogP contribution in [-0.2, 0) is 49.3 Å². The van der Waals surface area contributed by atoms with E-state index in [4.69, 9.17) is 0 Å². The van der Waals surface area contributed by atoms with E-state index < -0.39 is 21.3 Å². The Hall–Kier alpha value is -2.31. The van der Waals surface area contributed by atoms with Crippen LogP contribution in [0.5, 0.6) is 0 Å². The number of hydrogen-bond donors (Lipinski definition) is 0. The number of fused-ring (bicyclic) bond motifs is 3. The van der Waals surface area contributed by atoms with Crippen molar-refractivity contribution in [1.82, 2.24) is 0 Å². The Morgan fingerprint density at radius 1 is 0.600 bits per heavy atom. The van der Waals surface area contributed by atoms with Crippen LogP contribution in [0, 0.1) is 13.8 Å². The Labute approximate surface area is 323 Å². The fraction of sp³-hybridized carbons (Fsp3) is 0.383. The molecule has 0 fully saturated rings. The molecule has 0 saturated heterocycles. The summed E-state index contributed by atoms with van der Waals surface area (Å²) in [6.45, 7) is 29.3. The van der Waals surface area contributed by atoms with Crippen LogP contribution in [0.25, 0.3) is 11.1 Å². The first-order chi connectivity index (χ1) is 22.4. The van der Waals surface area contributed by atoms with Gasteiger partial charge in [0.25, 0.3) is 0 Å². The van der Waals surface area contributed by atoms with Crippen LogP contribution in [0.15, 0.2) is 103 Å². The minimum absolute atomic E-state index is 0. The van der Waals surface area contributed by atoms with Crippen molar-refractivity contribution < 1.29 is 46.1 Å². The van der Waals surface area contributed by atoms with Crippen LogP contribution >= 0.6 is 0 Å². The quantitative estimate of drug-likeness (QED) is 0.206. The van der Waals surface area contributed by atoms with E-state index in [0.717, 1.165) is 6.42 Å². The van der Waals surface area contributed by atoms with Gasteiger partial charge in [0, 0.05) is 0 Å². The fourth-order valence-electron chi connectivity index (χ4n) is 9.10. The molecule has 2 aliphatic rings. The molecule has 4 aromatic carbocycles. The number of hydrogen-bond acceptors (Lipinski definition) is 0. The third kappa shape index (κ3) is 7.19. The second kappa shape index (κ2) is 14.6. The van der Waals surface area contributed by atoms with Crippen molar-refractivity contribution in [3.8, 4) is 11.1 Å². The van der Waals surface area contributed by atoms with Gasteiger partial charge in [-0.05, 0) is 0 Å². The standard InChI is InChI=1S/C23H29.C19H22.C5H5.2ClH.Zr/c1-14-9-16-11-17-10-15(2)21(23(6,7)8)13-19(17)18(16)12-20(14)22(3,4)5;1-18(2,16-11-7-5-8-12-16)15-19(3,4)17-13-9-6-10-14-17;1-2-4-5-3-1;;;/h9,12-13H,11H2,1-8H3;5-14H,1-4H3;1-5H;2*1H;/q;;;;;+2/p-2. The molecule has 0 unspecified atom stereocenters. The van der Waals surface area contributed by atoms with Crippen molar-refractivity contribution in [2.24, 2.45) is 0 Å². The predicted molar refractivity (Wildman–Crippen MR) is 207 cm³/mol. The van der Waals surface area contributed by atoms with E-state index in [-0.39, 0.29) is 46.5 Å². The first-order valence-electron chi connectivity index (χ1n) is 18.0. The molecule has 0 aliphatic heterocycles. The Morgan fingerprint density at radius 3 is 1.52 bits per heavy atom. The summed E-state index contributed by atoms with van der Waals surface area (Å²) < 4.78 is 3.98. The molecule has 0 heterocycles. The number of allylic oxidation sites excluding steroid dienone is 4. The van der Waals surface area contributed by atoms with E-state index in [0.29, 0.717) is 3.63 Å². The molecule has 0 spiro atoms. The van der Waals surface area contributed by atoms with E-state index in [1.807, 2.05) is 0 Å². The van der Waals surface area contributed by atoms with Gasteiger partial charge < -0.3 is 24.8 Å². The third-order valence-corrected chi connectivity index (χ3v) is 21.2. The van der Waals surface area contributed by atoms with E-state index in [2.05, 4.69) is 186 Å². The molecule has 50 heavy (non-hydrogen) atoms. The van der Waals surface area contributed by atoms with Gasteiger partial charge in [-0.2, -0.15) is 0 Å². The van der Waals surface area contributed by atoms with E-state index >= 15 is 0 Å². The molecule has 4 aromatic rings. The summed E-state index contributed by atoms with van der Waals surface area (Å²) in [5.41, 5.74) is 14.8. The summed E-state index contributed by atoms with van der Waals surface area (Å²) in [6, 6.07) is 30.4. The van der Waals surface area contributed by atoms with Crippen molar-refractivity contribution in [3.05, 3.63) is 148 Å². The maximum atomic E-state index is 2.60. The summed E-state index contributed by atoms with van der Waals surface area (Å²) >= 11 is -2.88. The first kappa shape index (κ1) is 40.5. The summed E-state index contributed by atoms with van der Waals surface area (Å²) in [5, 5.41) is 0. The number of halogens is 2. The average molecular weight is 783 g/mol. The normalized spacial score (nSPS) is 14.0. The topological polar surface area (TPSA) is 0 Å². The largest absolute Gasteiger partial charge is 1.00 e. The molecule has 0 saturated carbocycles. The summed E-state index contributed by atoms with van der Waals surface area (Å²) in [5.74, 6) is 0. The van der Waals surface area contributed by atoms with Crippen molar-refractivity contribution in [2.45, 2.75) is 115 Å². The van der Waals surface area contributed by atoms with Gasteiger partial charge in [0.15, 0.2) is 0 Å². The number of benzene rings is 4. The maximum Gasteiger partial charge on any atom is -1.00 e. The molecule has 0 amide bonds. The summed E-state index contributed by atoms with van der Waals surface area (Å²) in [6.07, 6.45) is 10.8. The Balaban J connectivity index is 0.00000281. The van der Waals surface area contributed by atoms with Crippen LogP contribution in [0.1, 0.15) is 114 Å². The molecular formula is C47H56Cl2Zr. The molecule has 0 aromatic heterocycles. The van der Waals surface area contributed by atoms with Crippen LogP contribution in [0.2, 0.25) is 3.63 Å². The molecule has 0 atom stereocenters. The summed E-state index contributed by atoms with van der Waals surface area (Å²) in [4.78, 5) is 0. The molecule has 0 N–H and O–H groups in total. The zero-order valence-corrected chi connectivity index (χ0v) is 36.3. The van der Waals surface area contributed by atoms with Gasteiger partial charge >= 0.3 is 301 Å². The van der Waals surface area contributed by atoms with E-state index in [1.54, 1.807) is 17.6 Å². The zero-order chi connectivity index (χ0) is 34.8. The Bertz CT molecular complexity index is 1890. The minimum Gasteiger partial charge on any atom is -1.00 e. The first-order valence-corrected chi connectivity index (χ1v) is 21.8. The molecule has 0 bridgehead atoms. The molecule has 6 rings (SSSR count). The van der Waals surface area contributed by atoms with E-state index in [1.165, 1.54) is 44.5 Å². The zero-order valence-electron chi connectivity index (χ0n) is 32.4. The third-order valence-electron chi connectivity index (χ3n) is 11.3. The van der Waals surface area contributed by atoms with Gasteiger partial charge in [0.05, 0.1) is 0 Å². The monoisotopic (exact) mass is 780 g/mol. The van der Waals surface area contributed by atoms with Gasteiger partial charge in [0.2, 0.25) is 0 Å². The van der Waals surface area contributed by atoms with Gasteiger partial charge in [-0.1, -0.05) is 0 Å². The second-order valence-corrected chi connectivity index (χ2v) is 23.6. The number of aryl methyl sites for hydroxylation is 1. The Kier molecular flexibility index (Phi) is 11.8. The average Bonchev–Trinajstić information content (AvgIpc) is 3.67. The number of rotatable bonds is 6. The molecule has 262 valence electrons. The van der Waals surface area contributed by atoms with Gasteiger partial charge in [-0.3, -0.25) is 0 Å². The fourth-order valence-corrected chi connectivity index (χ4v) is 19.5. The second-order valence-electron chi connectivity index (χ2n) is 17.5. The van der Waals surface area contributed by atoms with Crippen molar-refractivity contribution in [1.29, 1.82) is 0 Å². The predicted octanol–water partition coefficient (Wildman–Crippen LogP) is 5.76. The van der Waals surface area contributed by atoms with Crippen molar-refractivity contribution >= 4 is 6.48 Å². The van der Waals surface area contributed by atoms with Crippen LogP contribution in [-0.4, -0.2) is 3.21 Å². The maximum absolute atomic E-state index is 2.88. The summed E-state index contributed by atoms with van der Waals surface area (Å²) in [7, 11) is 0. The molecule has 0 nitrogen and oxygen atoms in total. The SMILES string of the molecule is Cc1cc2c(cc1C(C)(C)C)-c1cc(C(C)(C)C)c(C)[c]([Zr+2](=[C](C(C)(C)c3ccccc3)C(C)(C)c3ccccc3)[CH]3C=CC=C3)c1C2.[Cl-].[Cl-]. The van der Waals surface area contributed by atoms with Crippen LogP contribution in [0.3, 0.4) is 0 Å². The molecule has 3 heteroatoms. The molecule has 0 radical (unpaired) electrons. The van der Waals surface area contributed by atoms with Crippen LogP contribution in [0.4, 0.5) is 0 Å². The van der Waals surface area contributed by atoms with Crippen molar-refractivity contribution in [3.63, 3.8) is 0 Å². The Morgan fingerprint density at radius 2 is 1.06 bits per heavy atom. The van der Waals surface area contributed by atoms with E-state index in [9.17, 15) is 0 Å². The molecular weight excluding hydrogens is 727 g/mol. The van der Waals surface area contributed by atoms with Gasteiger partial charge in [-0.15, -0.1) is 0 Å². The van der Waals surface area contributed by atoms with Crippen molar-refractivity contribution in [2.75, 3.05) is 0 Å². The van der Waals surface area contributed by atoms with Gasteiger partial charge in [0.1, 0.15) is 0 Å². The van der Waals surface area contributed by atoms with Gasteiger partial charge in [-0.25, -0.2) is 0 Å². The van der Waals surface area contributed by atoms with Crippen LogP contribution < -0.4 is 28.1 Å².